The number of benzene rings is 2. The molecule has 0 spiro atoms. The fraction of sp³-hybridized carbons (Fsp3) is 0.176. The summed E-state index contributed by atoms with van der Waals surface area (Å²) in [5.74, 6) is -1.50. The summed E-state index contributed by atoms with van der Waals surface area (Å²) in [6.07, 6.45) is 0.0631. The van der Waals surface area contributed by atoms with Crippen molar-refractivity contribution in [3.8, 4) is 0 Å². The molecule has 0 radical (unpaired) electrons. The van der Waals surface area contributed by atoms with Gasteiger partial charge in [-0.15, -0.1) is 0 Å². The zero-order valence-electron chi connectivity index (χ0n) is 12.4. The topological polar surface area (TPSA) is 49.4 Å². The molecule has 124 valence electrons. The molecule has 0 saturated carbocycles. The summed E-state index contributed by atoms with van der Waals surface area (Å²) in [5, 5.41) is 3.49. The molecule has 1 aliphatic heterocycles. The minimum Gasteiger partial charge on any atom is -0.324 e. The molecular formula is C17H13Cl2FN2O2. The van der Waals surface area contributed by atoms with E-state index >= 15 is 0 Å². The molecule has 1 unspecified atom stereocenters. The largest absolute Gasteiger partial charge is 0.324 e. The first-order valence-corrected chi connectivity index (χ1v) is 8.01. The smallest absolute Gasteiger partial charge is 0.229 e. The summed E-state index contributed by atoms with van der Waals surface area (Å²) in [7, 11) is 0. The average molecular weight is 367 g/mol. The van der Waals surface area contributed by atoms with Crippen LogP contribution in [0, 0.1) is 11.7 Å². The Morgan fingerprint density at radius 3 is 2.71 bits per heavy atom. The fourth-order valence-corrected chi connectivity index (χ4v) is 3.06. The quantitative estimate of drug-likeness (QED) is 0.887. The van der Waals surface area contributed by atoms with Gasteiger partial charge in [0.2, 0.25) is 11.8 Å². The monoisotopic (exact) mass is 366 g/mol. The zero-order valence-corrected chi connectivity index (χ0v) is 13.9. The maximum atomic E-state index is 13.3. The molecule has 2 aromatic carbocycles. The lowest BCUT2D eigenvalue weighted by molar-refractivity contribution is -0.122. The highest BCUT2D eigenvalue weighted by Crippen LogP contribution is 2.29. The molecule has 0 aromatic heterocycles. The van der Waals surface area contributed by atoms with Crippen molar-refractivity contribution in [3.05, 3.63) is 58.3 Å². The van der Waals surface area contributed by atoms with Crippen molar-refractivity contribution < 1.29 is 14.0 Å². The van der Waals surface area contributed by atoms with E-state index in [1.54, 1.807) is 18.2 Å². The molecular weight excluding hydrogens is 354 g/mol. The van der Waals surface area contributed by atoms with Crippen LogP contribution in [0.25, 0.3) is 0 Å². The summed E-state index contributed by atoms with van der Waals surface area (Å²) in [4.78, 5) is 25.9. The molecule has 4 nitrogen and oxygen atoms in total. The first kappa shape index (κ1) is 16.7. The van der Waals surface area contributed by atoms with Gasteiger partial charge in [0.05, 0.1) is 16.6 Å². The number of hydrogen-bond donors (Lipinski definition) is 1. The fourth-order valence-electron chi connectivity index (χ4n) is 2.60. The molecule has 1 fully saturated rings. The van der Waals surface area contributed by atoms with Crippen molar-refractivity contribution in [3.63, 3.8) is 0 Å². The number of nitrogens with one attached hydrogen (secondary N) is 1. The van der Waals surface area contributed by atoms with Crippen LogP contribution in [0.5, 0.6) is 0 Å². The van der Waals surface area contributed by atoms with Crippen molar-refractivity contribution >= 4 is 46.4 Å². The van der Waals surface area contributed by atoms with Crippen LogP contribution in [0.15, 0.2) is 42.5 Å². The lowest BCUT2D eigenvalue weighted by Gasteiger charge is -2.17. The maximum absolute atomic E-state index is 13.3. The number of nitrogens with zero attached hydrogens (tertiary/aromatic N) is 1. The van der Waals surface area contributed by atoms with E-state index in [2.05, 4.69) is 5.32 Å². The normalized spacial score (nSPS) is 17.2. The Morgan fingerprint density at radius 1 is 1.21 bits per heavy atom. The maximum Gasteiger partial charge on any atom is 0.229 e. The molecule has 24 heavy (non-hydrogen) atoms. The Labute approximate surface area is 148 Å². The highest BCUT2D eigenvalue weighted by molar-refractivity contribution is 6.36. The van der Waals surface area contributed by atoms with Crippen LogP contribution >= 0.6 is 23.2 Å². The molecule has 3 rings (SSSR count). The predicted octanol–water partition coefficient (Wildman–Crippen LogP) is 4.12. The van der Waals surface area contributed by atoms with Crippen LogP contribution in [0.3, 0.4) is 0 Å². The summed E-state index contributed by atoms with van der Waals surface area (Å²) >= 11 is 11.9. The van der Waals surface area contributed by atoms with Gasteiger partial charge in [0.25, 0.3) is 0 Å². The highest BCUT2D eigenvalue weighted by Gasteiger charge is 2.35. The number of carbonyl (C=O) groups excluding carboxylic acids is 2. The number of rotatable bonds is 3. The molecule has 2 aromatic rings. The second kappa shape index (κ2) is 6.79. The standard InChI is InChI=1S/C17H13Cl2FN2O2/c18-11-4-5-15(14(19)7-11)21-17(24)10-6-16(23)22(9-10)13-3-1-2-12(20)8-13/h1-5,7-8,10H,6,9H2,(H,21,24). The Kier molecular flexibility index (Phi) is 4.73. The first-order valence-electron chi connectivity index (χ1n) is 7.26. The second-order valence-corrected chi connectivity index (χ2v) is 6.34. The van der Waals surface area contributed by atoms with E-state index in [0.717, 1.165) is 0 Å². The van der Waals surface area contributed by atoms with Crippen molar-refractivity contribution in [1.82, 2.24) is 0 Å². The minimum absolute atomic E-state index is 0.0631. The summed E-state index contributed by atoms with van der Waals surface area (Å²) in [6.45, 7) is 0.194. The van der Waals surface area contributed by atoms with Crippen LogP contribution in [0.2, 0.25) is 10.0 Å². The van der Waals surface area contributed by atoms with Gasteiger partial charge in [0.1, 0.15) is 5.82 Å². The number of anilines is 2. The van der Waals surface area contributed by atoms with Crippen molar-refractivity contribution in [2.75, 3.05) is 16.8 Å². The van der Waals surface area contributed by atoms with Gasteiger partial charge >= 0.3 is 0 Å². The molecule has 1 aliphatic rings. The van der Waals surface area contributed by atoms with Gasteiger partial charge in [-0.2, -0.15) is 0 Å². The molecule has 0 bridgehead atoms. The van der Waals surface area contributed by atoms with E-state index < -0.39 is 11.7 Å². The van der Waals surface area contributed by atoms with Crippen LogP contribution in [-0.2, 0) is 9.59 Å². The van der Waals surface area contributed by atoms with E-state index in [1.807, 2.05) is 0 Å². The van der Waals surface area contributed by atoms with Crippen molar-refractivity contribution in [1.29, 1.82) is 0 Å². The zero-order chi connectivity index (χ0) is 17.3. The van der Waals surface area contributed by atoms with Gasteiger partial charge in [-0.25, -0.2) is 4.39 Å². The van der Waals surface area contributed by atoms with E-state index in [0.29, 0.717) is 21.4 Å². The molecule has 1 saturated heterocycles. The first-order chi connectivity index (χ1) is 11.4. The summed E-state index contributed by atoms with van der Waals surface area (Å²) in [5.41, 5.74) is 0.877. The highest BCUT2D eigenvalue weighted by atomic mass is 35.5. The van der Waals surface area contributed by atoms with Gasteiger partial charge in [-0.3, -0.25) is 9.59 Å². The third kappa shape index (κ3) is 3.52. The van der Waals surface area contributed by atoms with E-state index in [4.69, 9.17) is 23.2 Å². The minimum atomic E-state index is -0.535. The van der Waals surface area contributed by atoms with Crippen molar-refractivity contribution in [2.45, 2.75) is 6.42 Å². The van der Waals surface area contributed by atoms with Crippen molar-refractivity contribution in [2.24, 2.45) is 5.92 Å². The third-order valence-corrected chi connectivity index (χ3v) is 4.35. The summed E-state index contributed by atoms with van der Waals surface area (Å²) in [6, 6.07) is 10.5. The molecule has 0 aliphatic carbocycles. The second-order valence-electron chi connectivity index (χ2n) is 5.50. The van der Waals surface area contributed by atoms with E-state index in [1.165, 1.54) is 29.2 Å². The lowest BCUT2D eigenvalue weighted by Crippen LogP contribution is -2.28. The molecule has 1 atom stereocenters. The average Bonchev–Trinajstić information content (AvgIpc) is 2.92. The van der Waals surface area contributed by atoms with E-state index in [9.17, 15) is 14.0 Å². The number of amides is 2. The number of carbonyl (C=O) groups is 2. The van der Waals surface area contributed by atoms with Crippen LogP contribution in [-0.4, -0.2) is 18.4 Å². The molecule has 2 amide bonds. The van der Waals surface area contributed by atoms with Crippen LogP contribution < -0.4 is 10.2 Å². The summed E-state index contributed by atoms with van der Waals surface area (Å²) < 4.78 is 13.3. The van der Waals surface area contributed by atoms with Crippen LogP contribution in [0.1, 0.15) is 6.42 Å². The Hall–Kier alpha value is -2.11. The Morgan fingerprint density at radius 2 is 2.00 bits per heavy atom. The van der Waals surface area contributed by atoms with Gasteiger partial charge in [0.15, 0.2) is 0 Å². The van der Waals surface area contributed by atoms with Crippen LogP contribution in [0.4, 0.5) is 15.8 Å². The number of halogens is 3. The van der Waals surface area contributed by atoms with E-state index in [-0.39, 0.29) is 24.8 Å². The lowest BCUT2D eigenvalue weighted by atomic mass is 10.1. The Bertz CT molecular complexity index is 813. The number of hydrogen-bond acceptors (Lipinski definition) is 2. The van der Waals surface area contributed by atoms with Gasteiger partial charge in [-0.1, -0.05) is 29.3 Å². The predicted molar refractivity (Wildman–Crippen MR) is 92.0 cm³/mol. The molecule has 7 heteroatoms. The van der Waals surface area contributed by atoms with Gasteiger partial charge in [-0.05, 0) is 36.4 Å². The molecule has 1 heterocycles. The molecule has 1 N–H and O–H groups in total. The SMILES string of the molecule is O=C(Nc1ccc(Cl)cc1Cl)C1CC(=O)N(c2cccc(F)c2)C1. The van der Waals surface area contributed by atoms with Gasteiger partial charge < -0.3 is 10.2 Å². The Balaban J connectivity index is 1.72. The van der Waals surface area contributed by atoms with Gasteiger partial charge in [0, 0.05) is 23.7 Å². The third-order valence-electron chi connectivity index (χ3n) is 3.80.